The number of nitrogens with one attached hydrogen (secondary N) is 1. The van der Waals surface area contributed by atoms with Gasteiger partial charge >= 0.3 is 5.97 Å². The zero-order valence-electron chi connectivity index (χ0n) is 16.6. The third kappa shape index (κ3) is 4.24. The second-order valence-electron chi connectivity index (χ2n) is 6.71. The number of hydrogen-bond donors (Lipinski definition) is 1. The molecule has 0 atom stereocenters. The number of hydroxylamine groups is 2. The van der Waals surface area contributed by atoms with Crippen LogP contribution in [0.2, 0.25) is 0 Å². The SMILES string of the molecule is COc1cc(C(=O)ON2C(=O)c3ccccc3C2=O)ccc1OCC(=O)NC(C)C. The summed E-state index contributed by atoms with van der Waals surface area (Å²) in [5.41, 5.74) is 0.356. The first-order chi connectivity index (χ1) is 14.3. The fraction of sp³-hybridized carbons (Fsp3) is 0.238. The van der Waals surface area contributed by atoms with Gasteiger partial charge in [-0.15, -0.1) is 0 Å². The van der Waals surface area contributed by atoms with E-state index in [1.165, 1.54) is 37.4 Å². The predicted molar refractivity (Wildman–Crippen MR) is 104 cm³/mol. The Bertz CT molecular complexity index is 981. The molecule has 156 valence electrons. The molecule has 0 saturated carbocycles. The molecule has 1 N–H and O–H groups in total. The van der Waals surface area contributed by atoms with Crippen molar-refractivity contribution in [2.75, 3.05) is 13.7 Å². The van der Waals surface area contributed by atoms with Crippen LogP contribution in [0.25, 0.3) is 0 Å². The van der Waals surface area contributed by atoms with Gasteiger partial charge in [-0.3, -0.25) is 14.4 Å². The van der Waals surface area contributed by atoms with E-state index in [1.54, 1.807) is 12.1 Å². The van der Waals surface area contributed by atoms with E-state index in [1.807, 2.05) is 13.8 Å². The molecule has 0 aliphatic carbocycles. The molecule has 30 heavy (non-hydrogen) atoms. The third-order valence-electron chi connectivity index (χ3n) is 4.14. The highest BCUT2D eigenvalue weighted by molar-refractivity contribution is 6.21. The van der Waals surface area contributed by atoms with E-state index in [0.717, 1.165) is 0 Å². The molecule has 3 amide bonds. The molecule has 0 spiro atoms. The number of carbonyl (C=O) groups is 4. The van der Waals surface area contributed by atoms with Crippen molar-refractivity contribution in [1.29, 1.82) is 0 Å². The maximum Gasteiger partial charge on any atom is 0.364 e. The van der Waals surface area contributed by atoms with Crippen LogP contribution in [0.5, 0.6) is 11.5 Å². The van der Waals surface area contributed by atoms with Crippen LogP contribution in [0.1, 0.15) is 44.9 Å². The largest absolute Gasteiger partial charge is 0.493 e. The zero-order chi connectivity index (χ0) is 21.8. The third-order valence-corrected chi connectivity index (χ3v) is 4.14. The van der Waals surface area contributed by atoms with Gasteiger partial charge in [0.1, 0.15) is 0 Å². The fourth-order valence-corrected chi connectivity index (χ4v) is 2.81. The van der Waals surface area contributed by atoms with E-state index in [-0.39, 0.29) is 46.7 Å². The zero-order valence-corrected chi connectivity index (χ0v) is 16.6. The summed E-state index contributed by atoms with van der Waals surface area (Å²) in [5.74, 6) is -2.23. The lowest BCUT2D eigenvalue weighted by molar-refractivity contribution is -0.123. The number of rotatable bonds is 7. The van der Waals surface area contributed by atoms with Gasteiger partial charge < -0.3 is 19.6 Å². The topological polar surface area (TPSA) is 111 Å². The highest BCUT2D eigenvalue weighted by Crippen LogP contribution is 2.29. The molecule has 0 fully saturated rings. The van der Waals surface area contributed by atoms with Crippen LogP contribution in [-0.2, 0) is 9.63 Å². The van der Waals surface area contributed by atoms with Gasteiger partial charge in [0.15, 0.2) is 18.1 Å². The van der Waals surface area contributed by atoms with Gasteiger partial charge in [-0.2, -0.15) is 0 Å². The summed E-state index contributed by atoms with van der Waals surface area (Å²) in [6.45, 7) is 3.42. The van der Waals surface area contributed by atoms with Crippen LogP contribution < -0.4 is 14.8 Å². The number of nitrogens with zero attached hydrogens (tertiary/aromatic N) is 1. The highest BCUT2D eigenvalue weighted by Gasteiger charge is 2.38. The van der Waals surface area contributed by atoms with Crippen LogP contribution in [0.3, 0.4) is 0 Å². The Kier molecular flexibility index (Phi) is 6.01. The molecule has 3 rings (SSSR count). The molecular weight excluding hydrogens is 392 g/mol. The quantitative estimate of drug-likeness (QED) is 0.692. The Hall–Kier alpha value is -3.88. The molecule has 2 aromatic carbocycles. The van der Waals surface area contributed by atoms with Gasteiger partial charge in [0, 0.05) is 6.04 Å². The first kappa shape index (κ1) is 20.8. The number of benzene rings is 2. The summed E-state index contributed by atoms with van der Waals surface area (Å²) in [6.07, 6.45) is 0. The van der Waals surface area contributed by atoms with Gasteiger partial charge in [0.05, 0.1) is 23.8 Å². The number of amides is 3. The summed E-state index contributed by atoms with van der Waals surface area (Å²) < 4.78 is 10.6. The molecule has 0 saturated heterocycles. The van der Waals surface area contributed by atoms with Crippen LogP contribution in [0.4, 0.5) is 0 Å². The molecule has 9 heteroatoms. The lowest BCUT2D eigenvalue weighted by Crippen LogP contribution is -2.34. The molecule has 1 aliphatic heterocycles. The molecule has 1 heterocycles. The van der Waals surface area contributed by atoms with Crippen LogP contribution in [0, 0.1) is 0 Å². The van der Waals surface area contributed by atoms with Gasteiger partial charge in [-0.25, -0.2) is 4.79 Å². The lowest BCUT2D eigenvalue weighted by Gasteiger charge is -2.15. The highest BCUT2D eigenvalue weighted by atomic mass is 16.7. The summed E-state index contributed by atoms with van der Waals surface area (Å²) in [7, 11) is 1.37. The average molecular weight is 412 g/mol. The lowest BCUT2D eigenvalue weighted by atomic mass is 10.1. The normalized spacial score (nSPS) is 12.6. The molecule has 1 aliphatic rings. The minimum Gasteiger partial charge on any atom is -0.493 e. The number of hydrogen-bond acceptors (Lipinski definition) is 7. The van der Waals surface area contributed by atoms with Gasteiger partial charge in [-0.05, 0) is 44.2 Å². The van der Waals surface area contributed by atoms with Crippen LogP contribution >= 0.6 is 0 Å². The van der Waals surface area contributed by atoms with Crippen molar-refractivity contribution in [2.24, 2.45) is 0 Å². The Morgan fingerprint density at radius 1 is 1.00 bits per heavy atom. The van der Waals surface area contributed by atoms with Gasteiger partial charge in [0.2, 0.25) is 0 Å². The van der Waals surface area contributed by atoms with E-state index >= 15 is 0 Å². The fourth-order valence-electron chi connectivity index (χ4n) is 2.81. The Balaban J connectivity index is 1.70. The van der Waals surface area contributed by atoms with Crippen LogP contribution in [0.15, 0.2) is 42.5 Å². The van der Waals surface area contributed by atoms with Crippen molar-refractivity contribution in [2.45, 2.75) is 19.9 Å². The molecule has 9 nitrogen and oxygen atoms in total. The number of fused-ring (bicyclic) bond motifs is 1. The minimum absolute atomic E-state index is 0.0257. The van der Waals surface area contributed by atoms with E-state index in [4.69, 9.17) is 14.3 Å². The van der Waals surface area contributed by atoms with Crippen molar-refractivity contribution in [3.05, 3.63) is 59.2 Å². The molecular formula is C21H20N2O7. The van der Waals surface area contributed by atoms with Gasteiger partial charge in [-0.1, -0.05) is 17.2 Å². The molecule has 2 aromatic rings. The van der Waals surface area contributed by atoms with E-state index < -0.39 is 17.8 Å². The summed E-state index contributed by atoms with van der Waals surface area (Å²) in [4.78, 5) is 53.9. The van der Waals surface area contributed by atoms with Crippen molar-refractivity contribution >= 4 is 23.7 Å². The predicted octanol–water partition coefficient (Wildman–Crippen LogP) is 1.97. The van der Waals surface area contributed by atoms with Crippen molar-refractivity contribution in [3.8, 4) is 11.5 Å². The van der Waals surface area contributed by atoms with E-state index in [0.29, 0.717) is 5.06 Å². The van der Waals surface area contributed by atoms with Crippen LogP contribution in [-0.4, -0.2) is 48.5 Å². The average Bonchev–Trinajstić information content (AvgIpc) is 2.96. The summed E-state index contributed by atoms with van der Waals surface area (Å²) in [6, 6.07) is 10.3. The second kappa shape index (κ2) is 8.64. The number of ether oxygens (including phenoxy) is 2. The van der Waals surface area contributed by atoms with E-state index in [9.17, 15) is 19.2 Å². The molecule has 0 radical (unpaired) electrons. The van der Waals surface area contributed by atoms with Crippen molar-refractivity contribution < 1.29 is 33.5 Å². The van der Waals surface area contributed by atoms with Gasteiger partial charge in [0.25, 0.3) is 17.7 Å². The number of imide groups is 1. The molecule has 0 aromatic heterocycles. The van der Waals surface area contributed by atoms with E-state index in [2.05, 4.69) is 5.32 Å². The Morgan fingerprint density at radius 3 is 2.20 bits per heavy atom. The maximum atomic E-state index is 12.5. The first-order valence-electron chi connectivity index (χ1n) is 9.12. The second-order valence-corrected chi connectivity index (χ2v) is 6.71. The molecule has 0 bridgehead atoms. The Morgan fingerprint density at radius 2 is 1.63 bits per heavy atom. The standard InChI is InChI=1S/C21H20N2O7/c1-12(2)22-18(24)11-29-16-9-8-13(10-17(16)28-3)21(27)30-23-19(25)14-6-4-5-7-15(14)20(23)26/h4-10,12H,11H2,1-3H3,(H,22,24). The monoisotopic (exact) mass is 412 g/mol. The Labute approximate surface area is 172 Å². The molecule has 0 unspecified atom stereocenters. The smallest absolute Gasteiger partial charge is 0.364 e. The summed E-state index contributed by atoms with van der Waals surface area (Å²) >= 11 is 0. The van der Waals surface area contributed by atoms with Crippen molar-refractivity contribution in [3.63, 3.8) is 0 Å². The maximum absolute atomic E-state index is 12.5. The number of carbonyl (C=O) groups excluding carboxylic acids is 4. The minimum atomic E-state index is -0.924. The number of methoxy groups -OCH3 is 1. The van der Waals surface area contributed by atoms with Crippen molar-refractivity contribution in [1.82, 2.24) is 10.4 Å². The summed E-state index contributed by atoms with van der Waals surface area (Å²) in [5, 5.41) is 3.12. The first-order valence-corrected chi connectivity index (χ1v) is 9.12.